The van der Waals surface area contributed by atoms with E-state index in [4.69, 9.17) is 19.4 Å². The van der Waals surface area contributed by atoms with Gasteiger partial charge in [-0.25, -0.2) is 0 Å². The molecule has 0 aliphatic carbocycles. The van der Waals surface area contributed by atoms with E-state index in [1.807, 2.05) is 11.1 Å². The van der Waals surface area contributed by atoms with Crippen LogP contribution in [0.25, 0.3) is 10.9 Å². The van der Waals surface area contributed by atoms with Crippen molar-refractivity contribution in [2.75, 3.05) is 75.4 Å². The molecular formula is C29H38N8O4. The molecule has 2 N–H and O–H groups in total. The first-order chi connectivity index (χ1) is 20.0. The number of H-pyrrole nitrogens is 1. The summed E-state index contributed by atoms with van der Waals surface area (Å²) < 4.78 is 11.4. The van der Waals surface area contributed by atoms with Crippen LogP contribution in [0.1, 0.15) is 23.2 Å². The number of amides is 1. The van der Waals surface area contributed by atoms with E-state index < -0.39 is 6.29 Å². The first-order valence-electron chi connectivity index (χ1n) is 14.4. The van der Waals surface area contributed by atoms with Crippen LogP contribution < -0.4 is 14.5 Å². The van der Waals surface area contributed by atoms with Gasteiger partial charge in [0.05, 0.1) is 42.9 Å². The smallest absolute Gasteiger partial charge is 0.318 e. The van der Waals surface area contributed by atoms with Gasteiger partial charge in [-0.1, -0.05) is 12.6 Å². The number of ether oxygens (including phenoxy) is 2. The zero-order valence-electron chi connectivity index (χ0n) is 23.6. The molecule has 6 rings (SSSR count). The summed E-state index contributed by atoms with van der Waals surface area (Å²) in [6.45, 7) is 13.0. The van der Waals surface area contributed by atoms with Crippen molar-refractivity contribution in [1.29, 1.82) is 0 Å². The molecule has 0 saturated carbocycles. The van der Waals surface area contributed by atoms with Gasteiger partial charge in [-0.05, 0) is 37.5 Å². The van der Waals surface area contributed by atoms with E-state index in [9.17, 15) is 9.90 Å². The maximum absolute atomic E-state index is 12.2. The molecule has 3 aliphatic rings. The number of carbonyl (C=O) groups is 1. The summed E-state index contributed by atoms with van der Waals surface area (Å²) in [5.74, 6) is 0.871. The Hall–Kier alpha value is -3.74. The largest absolute Gasteiger partial charge is 0.463 e. The van der Waals surface area contributed by atoms with Gasteiger partial charge in [0, 0.05) is 63.3 Å². The van der Waals surface area contributed by atoms with Gasteiger partial charge in [-0.2, -0.15) is 15.1 Å². The maximum Gasteiger partial charge on any atom is 0.318 e. The lowest BCUT2D eigenvalue weighted by Gasteiger charge is -2.38. The number of aromatic amines is 1. The third-order valence-corrected chi connectivity index (χ3v) is 8.18. The zero-order valence-corrected chi connectivity index (χ0v) is 23.6. The number of nitrogens with zero attached hydrogens (tertiary/aromatic N) is 7. The van der Waals surface area contributed by atoms with Gasteiger partial charge >= 0.3 is 6.01 Å². The molecule has 3 aromatic rings. The first kappa shape index (κ1) is 27.4. The molecule has 1 amide bonds. The Morgan fingerprint density at radius 3 is 2.85 bits per heavy atom. The average molecular weight is 563 g/mol. The number of aliphatic hydroxyl groups is 1. The second-order valence-corrected chi connectivity index (χ2v) is 10.8. The fourth-order valence-electron chi connectivity index (χ4n) is 6.04. The minimum Gasteiger partial charge on any atom is -0.463 e. The van der Waals surface area contributed by atoms with Crippen molar-refractivity contribution in [3.63, 3.8) is 0 Å². The molecule has 1 atom stereocenters. The van der Waals surface area contributed by atoms with Crippen LogP contribution in [0.2, 0.25) is 0 Å². The van der Waals surface area contributed by atoms with E-state index in [1.165, 1.54) is 17.3 Å². The summed E-state index contributed by atoms with van der Waals surface area (Å²) in [5, 5.41) is 18.2. The quantitative estimate of drug-likeness (QED) is 0.308. The molecule has 2 aromatic heterocycles. The molecule has 41 heavy (non-hydrogen) atoms. The number of rotatable bonds is 8. The number of aryl methyl sites for hydroxylation is 1. The third-order valence-electron chi connectivity index (χ3n) is 8.18. The fourth-order valence-corrected chi connectivity index (χ4v) is 6.04. The van der Waals surface area contributed by atoms with Gasteiger partial charge in [0.15, 0.2) is 6.29 Å². The summed E-state index contributed by atoms with van der Waals surface area (Å²) in [5.41, 5.74) is 5.51. The van der Waals surface area contributed by atoms with Crippen LogP contribution in [0.15, 0.2) is 31.0 Å². The number of piperazine rings is 1. The summed E-state index contributed by atoms with van der Waals surface area (Å²) in [7, 11) is 0. The van der Waals surface area contributed by atoms with Crippen molar-refractivity contribution in [1.82, 2.24) is 30.0 Å². The highest BCUT2D eigenvalue weighted by Gasteiger charge is 2.29. The number of anilines is 2. The van der Waals surface area contributed by atoms with Gasteiger partial charge in [0.2, 0.25) is 5.91 Å². The van der Waals surface area contributed by atoms with Crippen molar-refractivity contribution in [3.05, 3.63) is 47.8 Å². The number of nitrogens with one attached hydrogen (secondary N) is 1. The zero-order chi connectivity index (χ0) is 28.3. The van der Waals surface area contributed by atoms with Gasteiger partial charge in [-0.15, -0.1) is 0 Å². The van der Waals surface area contributed by atoms with Crippen LogP contribution in [0.5, 0.6) is 6.01 Å². The molecule has 0 spiro atoms. The molecule has 12 nitrogen and oxygen atoms in total. The molecule has 0 bridgehead atoms. The van der Waals surface area contributed by atoms with Gasteiger partial charge in [0.1, 0.15) is 5.82 Å². The van der Waals surface area contributed by atoms with Crippen LogP contribution in [0, 0.1) is 6.92 Å². The molecule has 12 heteroatoms. The Labute approximate surface area is 239 Å². The monoisotopic (exact) mass is 562 g/mol. The molecule has 0 unspecified atom stereocenters. The number of benzene rings is 1. The van der Waals surface area contributed by atoms with E-state index in [2.05, 4.69) is 50.5 Å². The number of β-amino-alcohol motifs (C(OH)–C–C–N with tert-alkyl or cyclic N) is 1. The van der Waals surface area contributed by atoms with Crippen LogP contribution in [0.4, 0.5) is 11.5 Å². The van der Waals surface area contributed by atoms with Crippen molar-refractivity contribution >= 4 is 28.3 Å². The lowest BCUT2D eigenvalue weighted by Crippen LogP contribution is -2.49. The Kier molecular flexibility index (Phi) is 8.04. The lowest BCUT2D eigenvalue weighted by molar-refractivity contribution is -0.146. The van der Waals surface area contributed by atoms with Crippen LogP contribution in [-0.2, 0) is 22.5 Å². The molecule has 218 valence electrons. The Morgan fingerprint density at radius 1 is 1.20 bits per heavy atom. The van der Waals surface area contributed by atoms with E-state index >= 15 is 0 Å². The highest BCUT2D eigenvalue weighted by atomic mass is 16.6. The van der Waals surface area contributed by atoms with E-state index in [-0.39, 0.29) is 5.91 Å². The summed E-state index contributed by atoms with van der Waals surface area (Å²) >= 11 is 0. The topological polar surface area (TPSA) is 123 Å². The number of morpholine rings is 1. The molecule has 0 radical (unpaired) electrons. The second-order valence-electron chi connectivity index (χ2n) is 10.8. The Morgan fingerprint density at radius 2 is 2.05 bits per heavy atom. The highest BCUT2D eigenvalue weighted by molar-refractivity contribution is 5.93. The number of hydrogen-bond acceptors (Lipinski definition) is 10. The average Bonchev–Trinajstić information content (AvgIpc) is 3.47. The number of fused-ring (bicyclic) bond motifs is 2. The SMILES string of the molecule is C=CC(=O)N1CCN(c2nc(OCCCN3CCO[C@@H](O)C3)nc3c2CCN(c2c(C)ccc4[nH]ncc24)C3)CC1. The molecule has 3 aliphatic heterocycles. The second kappa shape index (κ2) is 12.0. The molecule has 2 saturated heterocycles. The molecule has 5 heterocycles. The Balaban J connectivity index is 1.22. The number of aromatic nitrogens is 4. The van der Waals surface area contributed by atoms with E-state index in [0.29, 0.717) is 58.5 Å². The van der Waals surface area contributed by atoms with E-state index in [1.54, 1.807) is 0 Å². The number of aliphatic hydroxyl groups excluding tert-OH is 1. The normalized spacial score (nSPS) is 19.9. The van der Waals surface area contributed by atoms with Crippen LogP contribution in [-0.4, -0.2) is 113 Å². The van der Waals surface area contributed by atoms with Crippen molar-refractivity contribution in [2.24, 2.45) is 0 Å². The minimum absolute atomic E-state index is 0.0365. The van der Waals surface area contributed by atoms with Crippen molar-refractivity contribution < 1.29 is 19.4 Å². The van der Waals surface area contributed by atoms with Gasteiger partial charge in [-0.3, -0.25) is 14.8 Å². The van der Waals surface area contributed by atoms with E-state index in [0.717, 1.165) is 60.5 Å². The fraction of sp³-hybridized carbons (Fsp3) is 0.517. The number of hydrogen-bond donors (Lipinski definition) is 2. The van der Waals surface area contributed by atoms with Gasteiger partial charge < -0.3 is 29.3 Å². The van der Waals surface area contributed by atoms with Crippen molar-refractivity contribution in [2.45, 2.75) is 32.6 Å². The predicted molar refractivity (Wildman–Crippen MR) is 155 cm³/mol. The van der Waals surface area contributed by atoms with Crippen LogP contribution >= 0.6 is 0 Å². The number of carbonyl (C=O) groups excluding carboxylic acids is 1. The van der Waals surface area contributed by atoms with Crippen molar-refractivity contribution in [3.8, 4) is 6.01 Å². The van der Waals surface area contributed by atoms with Gasteiger partial charge in [0.25, 0.3) is 0 Å². The highest BCUT2D eigenvalue weighted by Crippen LogP contribution is 2.35. The maximum atomic E-state index is 12.2. The minimum atomic E-state index is -0.724. The molecule has 1 aromatic carbocycles. The molecular weight excluding hydrogens is 524 g/mol. The molecule has 2 fully saturated rings. The summed E-state index contributed by atoms with van der Waals surface area (Å²) in [6.07, 6.45) is 4.15. The predicted octanol–water partition coefficient (Wildman–Crippen LogP) is 1.48. The third kappa shape index (κ3) is 5.85. The standard InChI is InChI=1S/C29H38N8O4/c1-3-25(38)35-10-12-36(13-11-35)28-21-7-9-37(27-20(2)5-6-23-22(27)17-30-33-23)18-24(21)31-29(32-28)41-15-4-8-34-14-16-40-26(39)19-34/h3,5-6,17,26,39H,1,4,7-16,18-19H2,2H3,(H,30,33)/t26-/m1/s1. The summed E-state index contributed by atoms with van der Waals surface area (Å²) in [4.78, 5) is 30.6. The lowest BCUT2D eigenvalue weighted by atomic mass is 10.0. The first-order valence-corrected chi connectivity index (χ1v) is 14.4. The van der Waals surface area contributed by atoms with Crippen LogP contribution in [0.3, 0.4) is 0 Å². The Bertz CT molecular complexity index is 1400. The summed E-state index contributed by atoms with van der Waals surface area (Å²) in [6, 6.07) is 4.58.